The van der Waals surface area contributed by atoms with Crippen LogP contribution in [0.5, 0.6) is 5.75 Å². The van der Waals surface area contributed by atoms with Crippen molar-refractivity contribution >= 4 is 17.4 Å². The van der Waals surface area contributed by atoms with Gasteiger partial charge in [-0.15, -0.1) is 0 Å². The molecule has 42 heavy (non-hydrogen) atoms. The fourth-order valence-electron chi connectivity index (χ4n) is 2.94. The van der Waals surface area contributed by atoms with Crippen LogP contribution in [0.2, 0.25) is 0 Å². The summed E-state index contributed by atoms with van der Waals surface area (Å²) < 4.78 is 214. The van der Waals surface area contributed by atoms with E-state index in [0.717, 1.165) is 31.4 Å². The predicted molar refractivity (Wildman–Crippen MR) is 112 cm³/mol. The zero-order chi connectivity index (χ0) is 32.6. The molecule has 0 saturated carbocycles. The van der Waals surface area contributed by atoms with E-state index in [0.29, 0.717) is 12.1 Å². The third kappa shape index (κ3) is 5.68. The van der Waals surface area contributed by atoms with Crippen molar-refractivity contribution in [3.63, 3.8) is 0 Å². The van der Waals surface area contributed by atoms with Gasteiger partial charge in [-0.2, -0.15) is 65.9 Å². The highest BCUT2D eigenvalue weighted by atomic mass is 19.4. The first-order valence-corrected chi connectivity index (χ1v) is 10.7. The highest BCUT2D eigenvalue weighted by molar-refractivity contribution is 6.40. The van der Waals surface area contributed by atoms with Crippen LogP contribution in [-0.4, -0.2) is 60.5 Å². The van der Waals surface area contributed by atoms with E-state index in [2.05, 4.69) is 9.73 Å². The van der Waals surface area contributed by atoms with Gasteiger partial charge in [0.05, 0.1) is 12.8 Å². The summed E-state index contributed by atoms with van der Waals surface area (Å²) in [6, 6.07) is 9.32. The molecule has 0 aromatic heterocycles. The number of esters is 1. The molecule has 0 aliphatic rings. The molecule has 2 aromatic carbocycles. The van der Waals surface area contributed by atoms with Crippen LogP contribution in [0.25, 0.3) is 0 Å². The van der Waals surface area contributed by atoms with Gasteiger partial charge in [-0.25, -0.2) is 9.79 Å². The molecule has 0 atom stereocenters. The van der Waals surface area contributed by atoms with Crippen molar-refractivity contribution in [2.24, 2.45) is 4.99 Å². The Morgan fingerprint density at radius 2 is 1.10 bits per heavy atom. The van der Waals surface area contributed by atoms with Crippen LogP contribution in [0.15, 0.2) is 59.6 Å². The molecule has 0 radical (unpaired) electrons. The summed E-state index contributed by atoms with van der Waals surface area (Å²) in [5.41, 5.74) is -4.15. The number of ether oxygens (including phenoxy) is 2. The molecule has 2 rings (SSSR count). The number of halogens is 15. The first kappa shape index (κ1) is 34.5. The van der Waals surface area contributed by atoms with Crippen molar-refractivity contribution in [3.05, 3.63) is 60.2 Å². The van der Waals surface area contributed by atoms with E-state index in [9.17, 15) is 70.7 Å². The number of hydrogen-bond donors (Lipinski definition) is 0. The number of nitrogens with zero attached hydrogens (tertiary/aromatic N) is 1. The summed E-state index contributed by atoms with van der Waals surface area (Å²) in [6.07, 6.45) is -7.74. The molecule has 0 unspecified atom stereocenters. The molecule has 0 amide bonds. The van der Waals surface area contributed by atoms with Crippen molar-refractivity contribution < 1.29 is 80.1 Å². The van der Waals surface area contributed by atoms with Gasteiger partial charge in [0.1, 0.15) is 12.4 Å². The molecular weight excluding hydrogens is 623 g/mol. The van der Waals surface area contributed by atoms with Crippen LogP contribution in [-0.2, 0) is 16.1 Å². The van der Waals surface area contributed by atoms with Gasteiger partial charge in [-0.05, 0) is 29.8 Å². The van der Waals surface area contributed by atoms with Crippen molar-refractivity contribution in [1.29, 1.82) is 0 Å². The second kappa shape index (κ2) is 11.2. The third-order valence-corrected chi connectivity index (χ3v) is 5.34. The fourth-order valence-corrected chi connectivity index (χ4v) is 2.94. The van der Waals surface area contributed by atoms with Crippen molar-refractivity contribution in [2.75, 3.05) is 7.11 Å². The lowest BCUT2D eigenvalue weighted by molar-refractivity contribution is -0.448. The van der Waals surface area contributed by atoms with E-state index < -0.39 is 65.7 Å². The van der Waals surface area contributed by atoms with Crippen molar-refractivity contribution in [3.8, 4) is 5.75 Å². The first-order valence-electron chi connectivity index (χ1n) is 10.7. The summed E-state index contributed by atoms with van der Waals surface area (Å²) in [4.78, 5) is 15.1. The number of methoxy groups -OCH3 is 1. The van der Waals surface area contributed by atoms with Crippen LogP contribution in [0.1, 0.15) is 5.56 Å². The predicted octanol–water partition coefficient (Wildman–Crippen LogP) is 7.89. The molecule has 0 aliphatic carbocycles. The second-order valence-corrected chi connectivity index (χ2v) is 8.16. The Labute approximate surface area is 224 Å². The quantitative estimate of drug-likeness (QED) is 0.143. The second-order valence-electron chi connectivity index (χ2n) is 8.16. The lowest BCUT2D eigenvalue weighted by Crippen LogP contribution is -2.73. The molecule has 0 fully saturated rings. The monoisotopic (exact) mass is 637 g/mol. The van der Waals surface area contributed by atoms with Crippen LogP contribution < -0.4 is 4.74 Å². The molecule has 0 N–H and O–H groups in total. The number of rotatable bonds is 11. The van der Waals surface area contributed by atoms with Crippen LogP contribution in [0.3, 0.4) is 0 Å². The largest absolute Gasteiger partial charge is 0.497 e. The van der Waals surface area contributed by atoms with Crippen LogP contribution in [0, 0.1) is 0 Å². The van der Waals surface area contributed by atoms with Crippen molar-refractivity contribution in [2.45, 2.75) is 48.3 Å². The van der Waals surface area contributed by atoms with Gasteiger partial charge >= 0.3 is 47.7 Å². The minimum atomic E-state index is -8.52. The van der Waals surface area contributed by atoms with E-state index in [1.165, 1.54) is 18.2 Å². The Hall–Kier alpha value is -3.67. The summed E-state index contributed by atoms with van der Waals surface area (Å²) in [7, 11) is 1.08. The molecular formula is C23H14F15NO3. The smallest absolute Gasteiger partial charge is 0.460 e. The zero-order valence-corrected chi connectivity index (χ0v) is 20.2. The summed E-state index contributed by atoms with van der Waals surface area (Å²) in [5, 5.41) is 0. The summed E-state index contributed by atoms with van der Waals surface area (Å²) in [6.45, 7) is -1.06. The molecule has 2 aromatic rings. The van der Waals surface area contributed by atoms with Gasteiger partial charge in [-0.1, -0.05) is 30.3 Å². The molecule has 19 heteroatoms. The Morgan fingerprint density at radius 3 is 1.55 bits per heavy atom. The number of carbonyl (C=O) groups excluding carboxylic acids is 1. The van der Waals surface area contributed by atoms with E-state index >= 15 is 0 Å². The Bertz CT molecular complexity index is 1270. The normalized spacial score (nSPS) is 14.5. The zero-order valence-electron chi connectivity index (χ0n) is 20.2. The maximum atomic E-state index is 14.9. The summed E-state index contributed by atoms with van der Waals surface area (Å²) in [5.74, 6) is -51.3. The van der Waals surface area contributed by atoms with Gasteiger partial charge in [0, 0.05) is 0 Å². The number of hydrogen-bond acceptors (Lipinski definition) is 4. The minimum absolute atomic E-state index is 0.0457. The number of carbonyl (C=O) groups is 1. The van der Waals surface area contributed by atoms with Gasteiger partial charge in [0.25, 0.3) is 0 Å². The van der Waals surface area contributed by atoms with Gasteiger partial charge in [0.2, 0.25) is 5.71 Å². The Balaban J connectivity index is 2.69. The average Bonchev–Trinajstić information content (AvgIpc) is 2.89. The molecule has 0 aliphatic heterocycles. The fraction of sp³-hybridized carbons (Fsp3) is 0.391. The lowest BCUT2D eigenvalue weighted by Gasteiger charge is -2.41. The molecule has 4 nitrogen and oxygen atoms in total. The highest BCUT2D eigenvalue weighted by Gasteiger charge is 2.94. The van der Waals surface area contributed by atoms with Gasteiger partial charge in [0.15, 0.2) is 0 Å². The molecule has 0 bridgehead atoms. The topological polar surface area (TPSA) is 47.9 Å². The molecule has 0 saturated heterocycles. The Kier molecular flexibility index (Phi) is 9.21. The van der Waals surface area contributed by atoms with Crippen LogP contribution >= 0.6 is 0 Å². The van der Waals surface area contributed by atoms with Gasteiger partial charge < -0.3 is 9.47 Å². The maximum Gasteiger partial charge on any atom is 0.460 e. The van der Waals surface area contributed by atoms with E-state index in [4.69, 9.17) is 4.74 Å². The average molecular weight is 637 g/mol. The van der Waals surface area contributed by atoms with E-state index in [1.54, 1.807) is 0 Å². The SMILES string of the molecule is COc1ccc(N=C(C(=O)OCc2ccccc2)C(F)(F)C(F)(F)C(F)(F)C(F)(F)C(F)(F)C(F)(F)C(F)(F)F)cc1. The highest BCUT2D eigenvalue weighted by Crippen LogP contribution is 2.62. The first-order chi connectivity index (χ1) is 18.9. The number of aliphatic imine (C=N–C) groups is 1. The van der Waals surface area contributed by atoms with Gasteiger partial charge in [-0.3, -0.25) is 0 Å². The number of alkyl halides is 15. The van der Waals surface area contributed by atoms with Crippen LogP contribution in [0.4, 0.5) is 71.5 Å². The summed E-state index contributed by atoms with van der Waals surface area (Å²) >= 11 is 0. The minimum Gasteiger partial charge on any atom is -0.497 e. The molecule has 0 heterocycles. The molecule has 234 valence electrons. The molecule has 0 spiro atoms. The lowest BCUT2D eigenvalue weighted by atomic mass is 9.89. The van der Waals surface area contributed by atoms with E-state index in [-0.39, 0.29) is 11.3 Å². The standard InChI is InChI=1S/C23H14F15NO3/c1-41-14-9-7-13(8-10-14)39-15(16(40)42-11-12-5-3-2-4-6-12)17(24,25)18(26,27)19(28,29)20(30,31)21(32,33)22(34,35)23(36,37)38/h2-10H,11H2,1H3. The Morgan fingerprint density at radius 1 is 0.643 bits per heavy atom. The van der Waals surface area contributed by atoms with E-state index in [1.807, 2.05) is 0 Å². The van der Waals surface area contributed by atoms with Crippen molar-refractivity contribution in [1.82, 2.24) is 0 Å². The third-order valence-electron chi connectivity index (χ3n) is 5.34. The number of benzene rings is 2. The maximum absolute atomic E-state index is 14.9.